The highest BCUT2D eigenvalue weighted by Gasteiger charge is 2.29. The Labute approximate surface area is 145 Å². The quantitative estimate of drug-likeness (QED) is 0.788. The third-order valence-corrected chi connectivity index (χ3v) is 4.95. The van der Waals surface area contributed by atoms with Crippen molar-refractivity contribution >= 4 is 0 Å². The van der Waals surface area contributed by atoms with Gasteiger partial charge in [0.15, 0.2) is 0 Å². The molecule has 2 saturated heterocycles. The number of nitrogens with zero attached hydrogens (tertiary/aromatic N) is 2. The van der Waals surface area contributed by atoms with Gasteiger partial charge in [0.2, 0.25) is 0 Å². The Morgan fingerprint density at radius 1 is 1.08 bits per heavy atom. The van der Waals surface area contributed by atoms with Crippen LogP contribution in [0.2, 0.25) is 0 Å². The van der Waals surface area contributed by atoms with Crippen molar-refractivity contribution in [2.75, 3.05) is 45.9 Å². The normalized spacial score (nSPS) is 23.5. The van der Waals surface area contributed by atoms with Crippen molar-refractivity contribution in [3.8, 4) is 11.5 Å². The Morgan fingerprint density at radius 3 is 2.42 bits per heavy atom. The Morgan fingerprint density at radius 2 is 1.75 bits per heavy atom. The number of rotatable bonds is 8. The zero-order chi connectivity index (χ0) is 16.8. The van der Waals surface area contributed by atoms with Gasteiger partial charge in [0.05, 0.1) is 6.61 Å². The van der Waals surface area contributed by atoms with E-state index in [2.05, 4.69) is 9.80 Å². The maximum atomic E-state index is 10.3. The summed E-state index contributed by atoms with van der Waals surface area (Å²) in [5, 5.41) is 10.3. The Kier molecular flexibility index (Phi) is 6.35. The number of likely N-dealkylation sites (tertiary alicyclic amines) is 2. The molecule has 1 N–H and O–H groups in total. The number of aliphatic hydroxyl groups is 1. The molecule has 5 heteroatoms. The maximum Gasteiger partial charge on any atom is 0.119 e. The van der Waals surface area contributed by atoms with E-state index in [1.165, 1.54) is 32.4 Å². The van der Waals surface area contributed by atoms with Crippen LogP contribution >= 0.6 is 0 Å². The molecule has 2 heterocycles. The van der Waals surface area contributed by atoms with Crippen LogP contribution in [0, 0.1) is 0 Å². The molecule has 3 rings (SSSR count). The molecule has 0 spiro atoms. The molecule has 1 aromatic rings. The molecule has 0 aromatic heterocycles. The van der Waals surface area contributed by atoms with Crippen molar-refractivity contribution in [1.82, 2.24) is 9.80 Å². The van der Waals surface area contributed by atoms with Crippen molar-refractivity contribution in [2.45, 2.75) is 38.3 Å². The van der Waals surface area contributed by atoms with Crippen LogP contribution in [0.15, 0.2) is 24.3 Å². The standard InChI is InChI=1S/C19H30N2O3/c1-2-23-18-5-7-19(8-6-18)24-15-17(22)14-20-12-9-16(13-20)21-10-3-4-11-21/h5-8,16-17,22H,2-4,9-15H2,1H3. The van der Waals surface area contributed by atoms with Gasteiger partial charge in [-0.15, -0.1) is 0 Å². The second-order valence-electron chi connectivity index (χ2n) is 6.81. The van der Waals surface area contributed by atoms with E-state index >= 15 is 0 Å². The molecule has 24 heavy (non-hydrogen) atoms. The highest BCUT2D eigenvalue weighted by atomic mass is 16.5. The second-order valence-corrected chi connectivity index (χ2v) is 6.81. The van der Waals surface area contributed by atoms with E-state index in [1.807, 2.05) is 31.2 Å². The molecular weight excluding hydrogens is 304 g/mol. The van der Waals surface area contributed by atoms with Crippen LogP contribution in [0.4, 0.5) is 0 Å². The number of aliphatic hydroxyl groups excluding tert-OH is 1. The van der Waals surface area contributed by atoms with Crippen molar-refractivity contribution < 1.29 is 14.6 Å². The maximum absolute atomic E-state index is 10.3. The van der Waals surface area contributed by atoms with Crippen molar-refractivity contribution in [3.05, 3.63) is 24.3 Å². The van der Waals surface area contributed by atoms with Gasteiger partial charge >= 0.3 is 0 Å². The average molecular weight is 334 g/mol. The summed E-state index contributed by atoms with van der Waals surface area (Å²) in [5.74, 6) is 1.62. The lowest BCUT2D eigenvalue weighted by molar-refractivity contribution is 0.0733. The first-order chi connectivity index (χ1) is 11.7. The lowest BCUT2D eigenvalue weighted by Crippen LogP contribution is -2.38. The third-order valence-electron chi connectivity index (χ3n) is 4.95. The topological polar surface area (TPSA) is 45.2 Å². The summed E-state index contributed by atoms with van der Waals surface area (Å²) in [5.41, 5.74) is 0. The summed E-state index contributed by atoms with van der Waals surface area (Å²) >= 11 is 0. The summed E-state index contributed by atoms with van der Waals surface area (Å²) in [6.45, 7) is 8.33. The number of hydrogen-bond acceptors (Lipinski definition) is 5. The molecule has 5 nitrogen and oxygen atoms in total. The summed E-state index contributed by atoms with van der Waals surface area (Å²) in [6.07, 6.45) is 3.46. The minimum atomic E-state index is -0.450. The van der Waals surface area contributed by atoms with E-state index in [4.69, 9.17) is 9.47 Å². The van der Waals surface area contributed by atoms with Crippen molar-refractivity contribution in [2.24, 2.45) is 0 Å². The van der Waals surface area contributed by atoms with Gasteiger partial charge in [-0.1, -0.05) is 0 Å². The molecular formula is C19H30N2O3. The third kappa shape index (κ3) is 4.85. The fourth-order valence-corrected chi connectivity index (χ4v) is 3.72. The van der Waals surface area contributed by atoms with Crippen LogP contribution in [0.25, 0.3) is 0 Å². The van der Waals surface area contributed by atoms with E-state index in [0.29, 0.717) is 25.8 Å². The molecule has 0 aliphatic carbocycles. The highest BCUT2D eigenvalue weighted by molar-refractivity contribution is 5.31. The molecule has 2 unspecified atom stereocenters. The summed E-state index contributed by atoms with van der Waals surface area (Å²) < 4.78 is 11.1. The first-order valence-corrected chi connectivity index (χ1v) is 9.24. The van der Waals surface area contributed by atoms with Gasteiger partial charge < -0.3 is 14.6 Å². The van der Waals surface area contributed by atoms with Gasteiger partial charge in [0, 0.05) is 19.1 Å². The highest BCUT2D eigenvalue weighted by Crippen LogP contribution is 2.21. The summed E-state index contributed by atoms with van der Waals surface area (Å²) in [6, 6.07) is 8.25. The molecule has 0 saturated carbocycles. The largest absolute Gasteiger partial charge is 0.494 e. The van der Waals surface area contributed by atoms with Crippen LogP contribution in [0.1, 0.15) is 26.2 Å². The van der Waals surface area contributed by atoms with Gasteiger partial charge in [-0.3, -0.25) is 9.80 Å². The zero-order valence-electron chi connectivity index (χ0n) is 14.7. The Bertz CT molecular complexity index is 488. The van der Waals surface area contributed by atoms with Crippen LogP contribution in [-0.2, 0) is 0 Å². The van der Waals surface area contributed by atoms with Gasteiger partial charge in [-0.05, 0) is 70.1 Å². The summed E-state index contributed by atoms with van der Waals surface area (Å²) in [7, 11) is 0. The Balaban J connectivity index is 1.37. The smallest absolute Gasteiger partial charge is 0.119 e. The fraction of sp³-hybridized carbons (Fsp3) is 0.684. The summed E-state index contributed by atoms with van der Waals surface area (Å²) in [4.78, 5) is 4.98. The van der Waals surface area contributed by atoms with Gasteiger partial charge in [0.25, 0.3) is 0 Å². The molecule has 2 atom stereocenters. The SMILES string of the molecule is CCOc1ccc(OCC(O)CN2CCC(N3CCCC3)C2)cc1. The van der Waals surface area contributed by atoms with Gasteiger partial charge in [-0.25, -0.2) is 0 Å². The number of ether oxygens (including phenoxy) is 2. The predicted octanol–water partition coefficient (Wildman–Crippen LogP) is 2.00. The van der Waals surface area contributed by atoms with Crippen LogP contribution < -0.4 is 9.47 Å². The molecule has 0 radical (unpaired) electrons. The molecule has 1 aromatic carbocycles. The van der Waals surface area contributed by atoms with Crippen LogP contribution in [-0.4, -0.2) is 73.0 Å². The minimum Gasteiger partial charge on any atom is -0.494 e. The number of benzene rings is 1. The van der Waals surface area contributed by atoms with E-state index in [0.717, 1.165) is 24.6 Å². The minimum absolute atomic E-state index is 0.332. The lowest BCUT2D eigenvalue weighted by Gasteiger charge is -2.24. The molecule has 2 aliphatic rings. The predicted molar refractivity (Wildman–Crippen MR) is 94.8 cm³/mol. The van der Waals surface area contributed by atoms with Crippen molar-refractivity contribution in [3.63, 3.8) is 0 Å². The first kappa shape index (κ1) is 17.5. The first-order valence-electron chi connectivity index (χ1n) is 9.24. The molecule has 2 aliphatic heterocycles. The molecule has 2 fully saturated rings. The van der Waals surface area contributed by atoms with Gasteiger partial charge in [0.1, 0.15) is 24.2 Å². The lowest BCUT2D eigenvalue weighted by atomic mass is 10.2. The zero-order valence-corrected chi connectivity index (χ0v) is 14.7. The fourth-order valence-electron chi connectivity index (χ4n) is 3.72. The Hall–Kier alpha value is -1.30. The monoisotopic (exact) mass is 334 g/mol. The van der Waals surface area contributed by atoms with Crippen molar-refractivity contribution in [1.29, 1.82) is 0 Å². The number of hydrogen-bond donors (Lipinski definition) is 1. The van der Waals surface area contributed by atoms with Gasteiger partial charge in [-0.2, -0.15) is 0 Å². The average Bonchev–Trinajstić information content (AvgIpc) is 3.26. The van der Waals surface area contributed by atoms with E-state index in [1.54, 1.807) is 0 Å². The van der Waals surface area contributed by atoms with E-state index < -0.39 is 6.10 Å². The molecule has 134 valence electrons. The number of β-amino-alcohol motifs (C(OH)–C–C–N with tert-alkyl or cyclic N) is 1. The van der Waals surface area contributed by atoms with Crippen LogP contribution in [0.3, 0.4) is 0 Å². The molecule has 0 bridgehead atoms. The van der Waals surface area contributed by atoms with E-state index in [-0.39, 0.29) is 0 Å². The van der Waals surface area contributed by atoms with Crippen LogP contribution in [0.5, 0.6) is 11.5 Å². The molecule has 0 amide bonds. The second kappa shape index (κ2) is 8.70. The van der Waals surface area contributed by atoms with E-state index in [9.17, 15) is 5.11 Å².